The lowest BCUT2D eigenvalue weighted by Gasteiger charge is -2.12. The summed E-state index contributed by atoms with van der Waals surface area (Å²) < 4.78 is 33.1. The number of hydrogen-bond acceptors (Lipinski definition) is 9. The molecule has 0 saturated carbocycles. The predicted octanol–water partition coefficient (Wildman–Crippen LogP) is 14.7. The quantitative estimate of drug-likeness (QED) is 0.0460. The molecule has 2 heterocycles. The molecule has 0 fully saturated rings. The Kier molecular flexibility index (Phi) is 18.4. The highest BCUT2D eigenvalue weighted by molar-refractivity contribution is 5.86. The molecule has 0 atom stereocenters. The number of carboxylic acid groups (broad SMARTS) is 1. The van der Waals surface area contributed by atoms with Crippen LogP contribution in [0.2, 0.25) is 0 Å². The maximum atomic E-state index is 11.3. The first kappa shape index (κ1) is 52.7. The van der Waals surface area contributed by atoms with E-state index in [9.17, 15) is 9.59 Å². The van der Waals surface area contributed by atoms with E-state index in [0.717, 1.165) is 122 Å². The lowest BCUT2D eigenvalue weighted by Crippen LogP contribution is -2.01. The van der Waals surface area contributed by atoms with E-state index in [-0.39, 0.29) is 12.4 Å². The third kappa shape index (κ3) is 14.6. The summed E-state index contributed by atoms with van der Waals surface area (Å²) in [6.45, 7) is 2.16. The highest BCUT2D eigenvalue weighted by atomic mass is 16.5. The molecule has 2 aromatic heterocycles. The van der Waals surface area contributed by atoms with Crippen LogP contribution in [0.25, 0.3) is 56.2 Å². The second-order valence-corrected chi connectivity index (χ2v) is 18.4. The molecule has 0 radical (unpaired) electrons. The number of fused-ring (bicyclic) bond motifs is 2. The van der Waals surface area contributed by atoms with Crippen molar-refractivity contribution in [1.29, 1.82) is 0 Å². The van der Waals surface area contributed by atoms with Crippen LogP contribution in [-0.2, 0) is 27.5 Å². The van der Waals surface area contributed by atoms with E-state index in [1.807, 2.05) is 158 Å². The molecular formula is C65H62N4O8. The summed E-state index contributed by atoms with van der Waals surface area (Å²) in [5.74, 6) is 3.96. The van der Waals surface area contributed by atoms with Crippen LogP contribution in [-0.4, -0.2) is 56.5 Å². The summed E-state index contributed by atoms with van der Waals surface area (Å²) in [5, 5.41) is 8.80. The van der Waals surface area contributed by atoms with Crippen molar-refractivity contribution in [3.8, 4) is 57.1 Å². The zero-order valence-corrected chi connectivity index (χ0v) is 43.2. The molecule has 12 nitrogen and oxygen atoms in total. The monoisotopic (exact) mass is 1030 g/mol. The minimum Gasteiger partial charge on any atom is -0.494 e. The number of methoxy groups -OCH3 is 1. The second-order valence-electron chi connectivity index (χ2n) is 18.4. The molecule has 0 bridgehead atoms. The van der Waals surface area contributed by atoms with Gasteiger partial charge in [-0.05, 0) is 122 Å². The van der Waals surface area contributed by atoms with Crippen LogP contribution in [0, 0.1) is 0 Å². The zero-order chi connectivity index (χ0) is 53.0. The van der Waals surface area contributed by atoms with Gasteiger partial charge in [0, 0.05) is 47.5 Å². The number of carbonyl (C=O) groups is 2. The molecule has 0 aliphatic rings. The number of rotatable bonds is 24. The fourth-order valence-electron chi connectivity index (χ4n) is 8.82. The van der Waals surface area contributed by atoms with Crippen molar-refractivity contribution < 1.29 is 38.4 Å². The normalized spacial score (nSPS) is 10.9. The average Bonchev–Trinajstić information content (AvgIpc) is 4.17. The number of hydrogen-bond donors (Lipinski definition) is 1. The van der Waals surface area contributed by atoms with Crippen LogP contribution < -0.4 is 18.9 Å². The Labute approximate surface area is 449 Å². The van der Waals surface area contributed by atoms with Crippen molar-refractivity contribution in [3.63, 3.8) is 0 Å². The third-order valence-electron chi connectivity index (χ3n) is 12.8. The maximum Gasteiger partial charge on any atom is 0.305 e. The average molecular weight is 1030 g/mol. The van der Waals surface area contributed by atoms with Gasteiger partial charge in [-0.3, -0.25) is 18.7 Å². The van der Waals surface area contributed by atoms with Crippen LogP contribution in [0.5, 0.6) is 23.0 Å². The van der Waals surface area contributed by atoms with Gasteiger partial charge in [0.05, 0.1) is 42.4 Å². The number of esters is 1. The first-order valence-corrected chi connectivity index (χ1v) is 26.1. The zero-order valence-electron chi connectivity index (χ0n) is 43.2. The Morgan fingerprint density at radius 2 is 0.818 bits per heavy atom. The van der Waals surface area contributed by atoms with Gasteiger partial charge in [-0.1, -0.05) is 121 Å². The molecule has 0 aliphatic heterocycles. The summed E-state index contributed by atoms with van der Waals surface area (Å²) in [5.41, 5.74) is 9.96. The summed E-state index contributed by atoms with van der Waals surface area (Å²) in [6.07, 6.45) is 5.51. The molecule has 8 aromatic carbocycles. The molecule has 1 N–H and O–H groups in total. The fourth-order valence-corrected chi connectivity index (χ4v) is 8.82. The summed E-state index contributed by atoms with van der Waals surface area (Å²) in [6, 6.07) is 68.7. The van der Waals surface area contributed by atoms with Gasteiger partial charge in [-0.15, -0.1) is 0 Å². The van der Waals surface area contributed by atoms with E-state index < -0.39 is 5.97 Å². The van der Waals surface area contributed by atoms with Crippen LogP contribution in [0.3, 0.4) is 0 Å². The largest absolute Gasteiger partial charge is 0.494 e. The molecule has 10 aromatic rings. The highest BCUT2D eigenvalue weighted by Crippen LogP contribution is 2.34. The Morgan fingerprint density at radius 1 is 0.429 bits per heavy atom. The van der Waals surface area contributed by atoms with Gasteiger partial charge in [0.25, 0.3) is 0 Å². The van der Waals surface area contributed by atoms with Gasteiger partial charge < -0.3 is 28.8 Å². The van der Waals surface area contributed by atoms with Gasteiger partial charge in [0.15, 0.2) is 0 Å². The molecule has 0 aliphatic carbocycles. The standard InChI is InChI=1S/C33H32N2O4.C32H30N2O4/c1-37-32(36)15-9-4-10-22-38-29-20-21-30-31(23-29)35(33(34-30)26-13-7-3-8-14-26)27-16-18-28(19-17-27)39-24-25-11-5-2-6-12-25;35-31(36)14-8-3-9-21-37-28-19-20-29-30(22-28)34(32(33-29)25-12-6-2-7-13-25)26-15-17-27(18-16-26)38-23-24-10-4-1-5-11-24/h2-3,5-8,11-14,16-21,23H,4,9-10,15,22,24H2,1H3;1-2,4-7,10-13,15-20,22H,3,8-9,14,21,23H2,(H,35,36). The second kappa shape index (κ2) is 26.9. The van der Waals surface area contributed by atoms with Crippen LogP contribution >= 0.6 is 0 Å². The van der Waals surface area contributed by atoms with E-state index in [4.69, 9.17) is 38.8 Å². The van der Waals surface area contributed by atoms with Crippen molar-refractivity contribution in [2.75, 3.05) is 20.3 Å². The molecular weight excluding hydrogens is 965 g/mol. The smallest absolute Gasteiger partial charge is 0.305 e. The molecule has 0 saturated heterocycles. The number of benzene rings is 8. The van der Waals surface area contributed by atoms with Crippen molar-refractivity contribution in [1.82, 2.24) is 19.1 Å². The van der Waals surface area contributed by atoms with Gasteiger partial charge in [0.1, 0.15) is 47.9 Å². The van der Waals surface area contributed by atoms with Gasteiger partial charge in [-0.2, -0.15) is 0 Å². The number of unbranched alkanes of at least 4 members (excludes halogenated alkanes) is 4. The highest BCUT2D eigenvalue weighted by Gasteiger charge is 2.18. The SMILES string of the molecule is COC(=O)CCCCCOc1ccc2nc(-c3ccccc3)n(-c3ccc(OCc4ccccc4)cc3)c2c1.O=C(O)CCCCCOc1ccc2nc(-c3ccccc3)n(-c3ccc(OCc4ccccc4)cc3)c2c1. The lowest BCUT2D eigenvalue weighted by atomic mass is 10.2. The van der Waals surface area contributed by atoms with E-state index in [1.165, 1.54) is 7.11 Å². The lowest BCUT2D eigenvalue weighted by molar-refractivity contribution is -0.141. The molecule has 0 spiro atoms. The minimum absolute atomic E-state index is 0.167. The molecule has 0 amide bonds. The van der Waals surface area contributed by atoms with E-state index >= 15 is 0 Å². The van der Waals surface area contributed by atoms with E-state index in [1.54, 1.807) is 0 Å². The number of ether oxygens (including phenoxy) is 5. The fraction of sp³-hybridized carbons (Fsp3) is 0.200. The summed E-state index contributed by atoms with van der Waals surface area (Å²) in [4.78, 5) is 31.9. The molecule has 77 heavy (non-hydrogen) atoms. The summed E-state index contributed by atoms with van der Waals surface area (Å²) >= 11 is 0. The van der Waals surface area contributed by atoms with Crippen molar-refractivity contribution in [2.45, 2.75) is 64.6 Å². The van der Waals surface area contributed by atoms with Crippen LogP contribution in [0.4, 0.5) is 0 Å². The number of carboxylic acids is 1. The third-order valence-corrected chi connectivity index (χ3v) is 12.8. The van der Waals surface area contributed by atoms with Crippen LogP contribution in [0.15, 0.2) is 206 Å². The van der Waals surface area contributed by atoms with E-state index in [0.29, 0.717) is 39.3 Å². The Hall–Kier alpha value is -9.16. The van der Waals surface area contributed by atoms with Crippen molar-refractivity contribution >= 4 is 34.0 Å². The molecule has 12 heteroatoms. The summed E-state index contributed by atoms with van der Waals surface area (Å²) in [7, 11) is 1.42. The van der Waals surface area contributed by atoms with E-state index in [2.05, 4.69) is 57.7 Å². The van der Waals surface area contributed by atoms with Crippen molar-refractivity contribution in [3.05, 3.63) is 217 Å². The van der Waals surface area contributed by atoms with Gasteiger partial charge >= 0.3 is 11.9 Å². The Balaban J connectivity index is 0.000000188. The number of imidazole rings is 2. The Morgan fingerprint density at radius 3 is 1.22 bits per heavy atom. The van der Waals surface area contributed by atoms with Crippen LogP contribution in [0.1, 0.15) is 62.5 Å². The van der Waals surface area contributed by atoms with Gasteiger partial charge in [-0.25, -0.2) is 9.97 Å². The molecule has 390 valence electrons. The topological polar surface area (TPSA) is 136 Å². The molecule has 10 rings (SSSR count). The molecule has 0 unspecified atom stereocenters. The van der Waals surface area contributed by atoms with Crippen molar-refractivity contribution in [2.24, 2.45) is 0 Å². The minimum atomic E-state index is -0.755. The first-order valence-electron chi connectivity index (χ1n) is 26.1. The number of aliphatic carboxylic acids is 1. The van der Waals surface area contributed by atoms with Gasteiger partial charge in [0.2, 0.25) is 0 Å². The maximum absolute atomic E-state index is 11.3. The number of carbonyl (C=O) groups excluding carboxylic acids is 1. The number of aromatic nitrogens is 4. The number of nitrogens with zero attached hydrogens (tertiary/aromatic N) is 4. The predicted molar refractivity (Wildman–Crippen MR) is 302 cm³/mol. The first-order chi connectivity index (χ1) is 37.9. The Bertz CT molecular complexity index is 3440.